The SMILES string of the molecule is CC(N)C(=O)NC(Cc1ccccc1)C(=O)N[C@H](CCCNC(=N)N)C(=O)Nc1ccc2ccccc2c1. The molecule has 9 N–H and O–H groups in total. The van der Waals surface area contributed by atoms with Crippen molar-refractivity contribution in [2.24, 2.45) is 11.5 Å². The van der Waals surface area contributed by atoms with Crippen LogP contribution in [0.4, 0.5) is 5.69 Å². The Morgan fingerprint density at radius 2 is 1.50 bits per heavy atom. The van der Waals surface area contributed by atoms with Crippen LogP contribution in [0.1, 0.15) is 25.3 Å². The van der Waals surface area contributed by atoms with Gasteiger partial charge >= 0.3 is 0 Å². The van der Waals surface area contributed by atoms with Gasteiger partial charge in [-0.1, -0.05) is 60.7 Å². The van der Waals surface area contributed by atoms with Crippen LogP contribution in [-0.2, 0) is 20.8 Å². The zero-order valence-electron chi connectivity index (χ0n) is 21.4. The summed E-state index contributed by atoms with van der Waals surface area (Å²) in [7, 11) is 0. The van der Waals surface area contributed by atoms with Crippen LogP contribution in [0, 0.1) is 5.41 Å². The Hall–Kier alpha value is -4.44. The lowest BCUT2D eigenvalue weighted by Crippen LogP contribution is -2.55. The molecule has 200 valence electrons. The van der Waals surface area contributed by atoms with E-state index in [1.54, 1.807) is 6.07 Å². The van der Waals surface area contributed by atoms with Gasteiger partial charge in [0.05, 0.1) is 6.04 Å². The van der Waals surface area contributed by atoms with Gasteiger partial charge in [0.25, 0.3) is 0 Å². The van der Waals surface area contributed by atoms with Crippen LogP contribution in [0.25, 0.3) is 10.8 Å². The number of hydrogen-bond acceptors (Lipinski definition) is 5. The first-order chi connectivity index (χ1) is 18.2. The standard InChI is InChI=1S/C28H35N7O3/c1-18(29)25(36)35-24(16-19-8-3-2-4-9-19)27(38)34-23(12-7-15-32-28(30)31)26(37)33-22-14-13-20-10-5-6-11-21(20)17-22/h2-6,8-11,13-14,17-18,23-24H,7,12,15-16,29H2,1H3,(H,33,37)(H,34,38)(H,35,36)(H4,30,31,32)/t18?,23-,24?/m1/s1. The molecule has 0 aliphatic heterocycles. The molecular formula is C28H35N7O3. The summed E-state index contributed by atoms with van der Waals surface area (Å²) in [6, 6.07) is 20.0. The lowest BCUT2D eigenvalue weighted by Gasteiger charge is -2.24. The summed E-state index contributed by atoms with van der Waals surface area (Å²) in [6.07, 6.45) is 0.978. The summed E-state index contributed by atoms with van der Waals surface area (Å²) in [5.41, 5.74) is 12.5. The fourth-order valence-electron chi connectivity index (χ4n) is 3.93. The Kier molecular flexibility index (Phi) is 10.2. The first-order valence-electron chi connectivity index (χ1n) is 12.5. The van der Waals surface area contributed by atoms with Gasteiger partial charge in [-0.25, -0.2) is 0 Å². The fourth-order valence-corrected chi connectivity index (χ4v) is 3.93. The maximum absolute atomic E-state index is 13.4. The Morgan fingerprint density at radius 3 is 2.18 bits per heavy atom. The van der Waals surface area contributed by atoms with Crippen molar-refractivity contribution in [3.8, 4) is 0 Å². The lowest BCUT2D eigenvalue weighted by molar-refractivity contribution is -0.131. The maximum Gasteiger partial charge on any atom is 0.246 e. The van der Waals surface area contributed by atoms with Gasteiger partial charge in [0.15, 0.2) is 5.96 Å². The van der Waals surface area contributed by atoms with E-state index in [1.165, 1.54) is 6.92 Å². The van der Waals surface area contributed by atoms with Gasteiger partial charge < -0.3 is 32.7 Å². The molecule has 0 aliphatic rings. The molecule has 3 amide bonds. The van der Waals surface area contributed by atoms with E-state index in [-0.39, 0.29) is 18.8 Å². The molecule has 3 aromatic carbocycles. The second-order valence-corrected chi connectivity index (χ2v) is 9.13. The number of hydrogen-bond donors (Lipinski definition) is 7. The van der Waals surface area contributed by atoms with Gasteiger partial charge in [-0.05, 0) is 48.2 Å². The van der Waals surface area contributed by atoms with Crippen LogP contribution in [0.5, 0.6) is 0 Å². The van der Waals surface area contributed by atoms with Crippen molar-refractivity contribution < 1.29 is 14.4 Å². The zero-order valence-corrected chi connectivity index (χ0v) is 21.4. The Bertz CT molecular complexity index is 1260. The van der Waals surface area contributed by atoms with Gasteiger partial charge in [-0.2, -0.15) is 0 Å². The van der Waals surface area contributed by atoms with Crippen LogP contribution in [0.15, 0.2) is 72.8 Å². The second kappa shape index (κ2) is 13.8. The molecule has 3 aromatic rings. The van der Waals surface area contributed by atoms with Gasteiger partial charge in [0.2, 0.25) is 17.7 Å². The van der Waals surface area contributed by atoms with E-state index < -0.39 is 35.8 Å². The second-order valence-electron chi connectivity index (χ2n) is 9.13. The van der Waals surface area contributed by atoms with Crippen molar-refractivity contribution in [2.45, 2.75) is 44.3 Å². The number of nitrogens with two attached hydrogens (primary N) is 2. The first kappa shape index (κ1) is 28.1. The van der Waals surface area contributed by atoms with E-state index in [4.69, 9.17) is 16.9 Å². The van der Waals surface area contributed by atoms with E-state index in [9.17, 15) is 14.4 Å². The highest BCUT2D eigenvalue weighted by molar-refractivity contribution is 6.00. The third kappa shape index (κ3) is 8.59. The molecule has 2 unspecified atom stereocenters. The Balaban J connectivity index is 1.77. The smallest absolute Gasteiger partial charge is 0.246 e. The minimum atomic E-state index is -0.929. The number of carbonyl (C=O) groups excluding carboxylic acids is 3. The average molecular weight is 518 g/mol. The monoisotopic (exact) mass is 517 g/mol. The van der Waals surface area contributed by atoms with Crippen molar-refractivity contribution in [1.29, 1.82) is 5.41 Å². The number of guanidine groups is 1. The lowest BCUT2D eigenvalue weighted by atomic mass is 10.0. The molecular weight excluding hydrogens is 482 g/mol. The quantitative estimate of drug-likeness (QED) is 0.109. The van der Waals surface area contributed by atoms with Crippen LogP contribution in [0.3, 0.4) is 0 Å². The predicted molar refractivity (Wildman–Crippen MR) is 149 cm³/mol. The summed E-state index contributed by atoms with van der Waals surface area (Å²) < 4.78 is 0. The molecule has 10 heteroatoms. The van der Waals surface area contributed by atoms with Gasteiger partial charge in [-0.3, -0.25) is 19.8 Å². The largest absolute Gasteiger partial charge is 0.370 e. The minimum Gasteiger partial charge on any atom is -0.370 e. The maximum atomic E-state index is 13.4. The zero-order chi connectivity index (χ0) is 27.5. The highest BCUT2D eigenvalue weighted by Crippen LogP contribution is 2.19. The van der Waals surface area contributed by atoms with Crippen LogP contribution >= 0.6 is 0 Å². The Morgan fingerprint density at radius 1 is 0.842 bits per heavy atom. The normalized spacial score (nSPS) is 13.1. The molecule has 0 saturated heterocycles. The molecule has 0 fully saturated rings. The minimum absolute atomic E-state index is 0.173. The van der Waals surface area contributed by atoms with Crippen molar-refractivity contribution in [2.75, 3.05) is 11.9 Å². The van der Waals surface area contributed by atoms with E-state index in [1.807, 2.05) is 66.7 Å². The van der Waals surface area contributed by atoms with E-state index in [2.05, 4.69) is 21.3 Å². The highest BCUT2D eigenvalue weighted by atomic mass is 16.2. The van der Waals surface area contributed by atoms with Crippen LogP contribution in [0.2, 0.25) is 0 Å². The number of nitrogens with one attached hydrogen (secondary N) is 5. The molecule has 0 bridgehead atoms. The summed E-state index contributed by atoms with van der Waals surface area (Å²) >= 11 is 0. The number of amides is 3. The van der Waals surface area contributed by atoms with Gasteiger partial charge in [-0.15, -0.1) is 0 Å². The molecule has 0 saturated carbocycles. The average Bonchev–Trinajstić information content (AvgIpc) is 2.90. The summed E-state index contributed by atoms with van der Waals surface area (Å²) in [6.45, 7) is 1.90. The summed E-state index contributed by atoms with van der Waals surface area (Å²) in [4.78, 5) is 39.0. The number of fused-ring (bicyclic) bond motifs is 1. The molecule has 0 spiro atoms. The molecule has 10 nitrogen and oxygen atoms in total. The van der Waals surface area contributed by atoms with Crippen molar-refractivity contribution >= 4 is 40.1 Å². The molecule has 0 aliphatic carbocycles. The summed E-state index contributed by atoms with van der Waals surface area (Å²) in [5, 5.41) is 20.4. The molecule has 3 rings (SSSR count). The summed E-state index contributed by atoms with van der Waals surface area (Å²) in [5.74, 6) is -1.54. The molecule has 0 radical (unpaired) electrons. The van der Waals surface area contributed by atoms with Crippen molar-refractivity contribution in [3.63, 3.8) is 0 Å². The predicted octanol–water partition coefficient (Wildman–Crippen LogP) is 1.60. The van der Waals surface area contributed by atoms with Gasteiger partial charge in [0, 0.05) is 18.7 Å². The van der Waals surface area contributed by atoms with Crippen LogP contribution < -0.4 is 32.7 Å². The van der Waals surface area contributed by atoms with E-state index in [0.29, 0.717) is 18.7 Å². The molecule has 3 atom stereocenters. The fraction of sp³-hybridized carbons (Fsp3) is 0.286. The number of rotatable bonds is 12. The molecule has 0 heterocycles. The number of anilines is 1. The van der Waals surface area contributed by atoms with E-state index >= 15 is 0 Å². The Labute approximate surface area is 222 Å². The van der Waals surface area contributed by atoms with Crippen molar-refractivity contribution in [3.05, 3.63) is 78.4 Å². The van der Waals surface area contributed by atoms with Gasteiger partial charge in [0.1, 0.15) is 12.1 Å². The number of carbonyl (C=O) groups is 3. The third-order valence-electron chi connectivity index (χ3n) is 5.96. The van der Waals surface area contributed by atoms with E-state index in [0.717, 1.165) is 16.3 Å². The highest BCUT2D eigenvalue weighted by Gasteiger charge is 2.27. The number of benzene rings is 3. The first-order valence-corrected chi connectivity index (χ1v) is 12.5. The topological polar surface area (TPSA) is 175 Å². The molecule has 0 aromatic heterocycles. The van der Waals surface area contributed by atoms with Crippen LogP contribution in [-0.4, -0.2) is 48.4 Å². The molecule has 38 heavy (non-hydrogen) atoms. The third-order valence-corrected chi connectivity index (χ3v) is 5.96. The van der Waals surface area contributed by atoms with Crippen molar-refractivity contribution in [1.82, 2.24) is 16.0 Å².